The number of carbonyl (C=O) groups excluding carboxylic acids is 2. The normalized spacial score (nSPS) is 10.1. The van der Waals surface area contributed by atoms with Gasteiger partial charge in [0.05, 0.1) is 12.1 Å². The van der Waals surface area contributed by atoms with Crippen molar-refractivity contribution in [1.82, 2.24) is 20.2 Å². The van der Waals surface area contributed by atoms with Crippen LogP contribution in [0.2, 0.25) is 5.02 Å². The van der Waals surface area contributed by atoms with Gasteiger partial charge in [-0.25, -0.2) is 4.68 Å². The molecule has 10 heteroatoms. The number of nitrogens with one attached hydrogen (secondary N) is 1. The second-order valence-electron chi connectivity index (χ2n) is 4.07. The third-order valence-corrected chi connectivity index (χ3v) is 2.78. The van der Waals surface area contributed by atoms with Gasteiger partial charge >= 0.3 is 5.97 Å². The molecule has 2 aromatic rings. The summed E-state index contributed by atoms with van der Waals surface area (Å²) in [4.78, 5) is 23.1. The van der Waals surface area contributed by atoms with E-state index >= 15 is 0 Å². The first-order chi connectivity index (χ1) is 10.6. The Labute approximate surface area is 130 Å². The van der Waals surface area contributed by atoms with Crippen LogP contribution in [-0.4, -0.2) is 45.8 Å². The largest absolute Gasteiger partial charge is 0.495 e. The molecule has 22 heavy (non-hydrogen) atoms. The number of rotatable bonds is 6. The minimum Gasteiger partial charge on any atom is -0.495 e. The Hall–Kier alpha value is -2.68. The molecule has 1 heterocycles. The molecule has 1 aromatic heterocycles. The van der Waals surface area contributed by atoms with Crippen LogP contribution in [0.1, 0.15) is 0 Å². The SMILES string of the molecule is COc1ccc(NC(=O)COC(=O)Cn2cnnn2)cc1Cl. The summed E-state index contributed by atoms with van der Waals surface area (Å²) in [5.41, 5.74) is 0.465. The molecule has 1 N–H and O–H groups in total. The number of ether oxygens (including phenoxy) is 2. The molecule has 116 valence electrons. The molecule has 1 amide bonds. The van der Waals surface area contributed by atoms with Gasteiger partial charge in [-0.2, -0.15) is 0 Å². The lowest BCUT2D eigenvalue weighted by atomic mass is 10.3. The van der Waals surface area contributed by atoms with Gasteiger partial charge in [-0.15, -0.1) is 5.10 Å². The van der Waals surface area contributed by atoms with Gasteiger partial charge in [-0.05, 0) is 28.6 Å². The summed E-state index contributed by atoms with van der Waals surface area (Å²) < 4.78 is 11.0. The molecule has 2 rings (SSSR count). The number of carbonyl (C=O) groups is 2. The van der Waals surface area contributed by atoms with E-state index in [4.69, 9.17) is 21.1 Å². The van der Waals surface area contributed by atoms with Crippen molar-refractivity contribution in [3.05, 3.63) is 29.5 Å². The van der Waals surface area contributed by atoms with Crippen LogP contribution in [0.25, 0.3) is 0 Å². The van der Waals surface area contributed by atoms with Crippen molar-refractivity contribution in [1.29, 1.82) is 0 Å². The highest BCUT2D eigenvalue weighted by molar-refractivity contribution is 6.32. The van der Waals surface area contributed by atoms with Crippen LogP contribution < -0.4 is 10.1 Å². The number of aromatic nitrogens is 4. The standard InChI is InChI=1S/C12H12ClN5O4/c1-21-10-3-2-8(4-9(10)13)15-11(19)6-22-12(20)5-18-7-14-16-17-18/h2-4,7H,5-6H2,1H3,(H,15,19). The molecule has 0 fully saturated rings. The van der Waals surface area contributed by atoms with Crippen LogP contribution in [0.15, 0.2) is 24.5 Å². The highest BCUT2D eigenvalue weighted by atomic mass is 35.5. The number of methoxy groups -OCH3 is 1. The first-order valence-electron chi connectivity index (χ1n) is 6.08. The molecule has 0 saturated heterocycles. The summed E-state index contributed by atoms with van der Waals surface area (Å²) in [5.74, 6) is -0.631. The Morgan fingerprint density at radius 2 is 2.23 bits per heavy atom. The van der Waals surface area contributed by atoms with Gasteiger partial charge in [-0.1, -0.05) is 11.6 Å². The molecule has 0 saturated carbocycles. The summed E-state index contributed by atoms with van der Waals surface area (Å²) in [6, 6.07) is 4.76. The van der Waals surface area contributed by atoms with Gasteiger partial charge < -0.3 is 14.8 Å². The predicted molar refractivity (Wildman–Crippen MR) is 75.4 cm³/mol. The predicted octanol–water partition coefficient (Wildman–Crippen LogP) is 0.517. The highest BCUT2D eigenvalue weighted by Gasteiger charge is 2.10. The summed E-state index contributed by atoms with van der Waals surface area (Å²) in [5, 5.41) is 13.1. The number of tetrazole rings is 1. The van der Waals surface area contributed by atoms with Crippen molar-refractivity contribution in [2.24, 2.45) is 0 Å². The smallest absolute Gasteiger partial charge is 0.328 e. The highest BCUT2D eigenvalue weighted by Crippen LogP contribution is 2.27. The van der Waals surface area contributed by atoms with E-state index in [0.717, 1.165) is 0 Å². The van der Waals surface area contributed by atoms with Crippen LogP contribution in [0.3, 0.4) is 0 Å². The Morgan fingerprint density at radius 3 is 2.86 bits per heavy atom. The van der Waals surface area contributed by atoms with Gasteiger partial charge in [-0.3, -0.25) is 9.59 Å². The fourth-order valence-electron chi connectivity index (χ4n) is 1.52. The van der Waals surface area contributed by atoms with Crippen molar-refractivity contribution >= 4 is 29.2 Å². The molecule has 0 aliphatic heterocycles. The number of hydrogen-bond acceptors (Lipinski definition) is 7. The second kappa shape index (κ2) is 7.36. The number of esters is 1. The Balaban J connectivity index is 1.80. The molecule has 0 spiro atoms. The molecular formula is C12H12ClN5O4. The minimum atomic E-state index is -0.629. The lowest BCUT2D eigenvalue weighted by Gasteiger charge is -2.08. The molecule has 0 aliphatic carbocycles. The second-order valence-corrected chi connectivity index (χ2v) is 4.47. The van der Waals surface area contributed by atoms with E-state index in [-0.39, 0.29) is 6.54 Å². The van der Waals surface area contributed by atoms with Crippen molar-refractivity contribution in [3.8, 4) is 5.75 Å². The molecule has 0 bridgehead atoms. The lowest BCUT2D eigenvalue weighted by molar-refractivity contribution is -0.148. The van der Waals surface area contributed by atoms with E-state index in [9.17, 15) is 9.59 Å². The fourth-order valence-corrected chi connectivity index (χ4v) is 1.78. The van der Waals surface area contributed by atoms with Gasteiger partial charge in [0, 0.05) is 5.69 Å². The van der Waals surface area contributed by atoms with Crippen molar-refractivity contribution < 1.29 is 19.1 Å². The zero-order valence-electron chi connectivity index (χ0n) is 11.5. The van der Waals surface area contributed by atoms with Crippen LogP contribution >= 0.6 is 11.6 Å². The zero-order chi connectivity index (χ0) is 15.9. The van der Waals surface area contributed by atoms with Crippen LogP contribution in [0.4, 0.5) is 5.69 Å². The molecule has 9 nitrogen and oxygen atoms in total. The first kappa shape index (κ1) is 15.7. The van der Waals surface area contributed by atoms with Crippen molar-refractivity contribution in [2.75, 3.05) is 19.0 Å². The van der Waals surface area contributed by atoms with E-state index < -0.39 is 18.5 Å². The Morgan fingerprint density at radius 1 is 1.41 bits per heavy atom. The van der Waals surface area contributed by atoms with E-state index in [1.165, 1.54) is 24.2 Å². The van der Waals surface area contributed by atoms with Crippen LogP contribution in [-0.2, 0) is 20.9 Å². The molecule has 0 atom stereocenters. The fraction of sp³-hybridized carbons (Fsp3) is 0.250. The zero-order valence-corrected chi connectivity index (χ0v) is 12.3. The number of halogens is 1. The Kier molecular flexibility index (Phi) is 5.26. The Bertz CT molecular complexity index is 662. The summed E-state index contributed by atoms with van der Waals surface area (Å²) in [6.07, 6.45) is 1.26. The third-order valence-electron chi connectivity index (χ3n) is 2.48. The quantitative estimate of drug-likeness (QED) is 0.771. The monoisotopic (exact) mass is 325 g/mol. The molecule has 0 radical (unpaired) electrons. The maximum atomic E-state index is 11.7. The average Bonchev–Trinajstić information content (AvgIpc) is 2.98. The lowest BCUT2D eigenvalue weighted by Crippen LogP contribution is -2.23. The van der Waals surface area contributed by atoms with Gasteiger partial charge in [0.2, 0.25) is 0 Å². The number of nitrogens with zero attached hydrogens (tertiary/aromatic N) is 4. The number of hydrogen-bond donors (Lipinski definition) is 1. The van der Waals surface area contributed by atoms with Crippen molar-refractivity contribution in [3.63, 3.8) is 0 Å². The van der Waals surface area contributed by atoms with E-state index in [2.05, 4.69) is 20.8 Å². The van der Waals surface area contributed by atoms with E-state index in [1.807, 2.05) is 0 Å². The van der Waals surface area contributed by atoms with Gasteiger partial charge in [0.25, 0.3) is 5.91 Å². The number of benzene rings is 1. The molecular weight excluding hydrogens is 314 g/mol. The number of amides is 1. The minimum absolute atomic E-state index is 0.172. The molecule has 0 aliphatic rings. The maximum absolute atomic E-state index is 11.7. The van der Waals surface area contributed by atoms with Crippen LogP contribution in [0.5, 0.6) is 5.75 Å². The van der Waals surface area contributed by atoms with E-state index in [1.54, 1.807) is 12.1 Å². The summed E-state index contributed by atoms with van der Waals surface area (Å²) >= 11 is 5.94. The third kappa shape index (κ3) is 4.42. The van der Waals surface area contributed by atoms with Crippen LogP contribution in [0, 0.1) is 0 Å². The average molecular weight is 326 g/mol. The summed E-state index contributed by atoms with van der Waals surface area (Å²) in [6.45, 7) is -0.598. The van der Waals surface area contributed by atoms with Gasteiger partial charge in [0.1, 0.15) is 18.6 Å². The first-order valence-corrected chi connectivity index (χ1v) is 6.46. The topological polar surface area (TPSA) is 108 Å². The maximum Gasteiger partial charge on any atom is 0.328 e. The van der Waals surface area contributed by atoms with Crippen molar-refractivity contribution in [2.45, 2.75) is 6.54 Å². The van der Waals surface area contributed by atoms with E-state index in [0.29, 0.717) is 16.5 Å². The van der Waals surface area contributed by atoms with Gasteiger partial charge in [0.15, 0.2) is 6.61 Å². The number of anilines is 1. The molecule has 0 unspecified atom stereocenters. The molecule has 1 aromatic carbocycles. The summed E-state index contributed by atoms with van der Waals surface area (Å²) in [7, 11) is 1.49.